The summed E-state index contributed by atoms with van der Waals surface area (Å²) in [5.74, 6) is -0.0258. The van der Waals surface area contributed by atoms with Gasteiger partial charge in [0.15, 0.2) is 0 Å². The van der Waals surface area contributed by atoms with Crippen molar-refractivity contribution < 1.29 is 9.53 Å². The first-order chi connectivity index (χ1) is 9.06. The van der Waals surface area contributed by atoms with E-state index in [2.05, 4.69) is 15.9 Å². The first-order valence-corrected chi connectivity index (χ1v) is 7.28. The van der Waals surface area contributed by atoms with Crippen LogP contribution in [0.25, 0.3) is 0 Å². The average molecular weight is 327 g/mol. The maximum atomic E-state index is 12.3. The molecule has 104 valence electrons. The van der Waals surface area contributed by atoms with Crippen molar-refractivity contribution in [2.75, 3.05) is 25.9 Å². The van der Waals surface area contributed by atoms with E-state index < -0.39 is 0 Å². The van der Waals surface area contributed by atoms with Crippen LogP contribution in [0.4, 0.5) is 5.69 Å². The number of nitrogens with zero attached hydrogens (tertiary/aromatic N) is 1. The zero-order valence-corrected chi connectivity index (χ0v) is 12.6. The minimum atomic E-state index is -0.0258. The van der Waals surface area contributed by atoms with Crippen LogP contribution < -0.4 is 5.73 Å². The number of rotatable bonds is 3. The molecule has 0 aliphatic carbocycles. The maximum Gasteiger partial charge on any atom is 0.253 e. The van der Waals surface area contributed by atoms with Gasteiger partial charge in [-0.15, -0.1) is 0 Å². The number of benzene rings is 1. The summed E-state index contributed by atoms with van der Waals surface area (Å²) < 4.78 is 6.47. The van der Waals surface area contributed by atoms with Crippen molar-refractivity contribution in [1.29, 1.82) is 0 Å². The van der Waals surface area contributed by atoms with E-state index in [-0.39, 0.29) is 12.0 Å². The van der Waals surface area contributed by atoms with E-state index in [0.29, 0.717) is 17.8 Å². The van der Waals surface area contributed by atoms with E-state index in [9.17, 15) is 4.79 Å². The highest BCUT2D eigenvalue weighted by Crippen LogP contribution is 2.19. The molecule has 0 saturated carbocycles. The van der Waals surface area contributed by atoms with Crippen molar-refractivity contribution in [2.24, 2.45) is 0 Å². The molecular weight excluding hydrogens is 308 g/mol. The van der Waals surface area contributed by atoms with Gasteiger partial charge in [-0.25, -0.2) is 0 Å². The number of halogens is 1. The van der Waals surface area contributed by atoms with Crippen LogP contribution in [0.3, 0.4) is 0 Å². The monoisotopic (exact) mass is 326 g/mol. The number of ether oxygens (including phenoxy) is 1. The fourth-order valence-electron chi connectivity index (χ4n) is 2.30. The summed E-state index contributed by atoms with van der Waals surface area (Å²) in [4.78, 5) is 14.0. The van der Waals surface area contributed by atoms with Crippen LogP contribution in [0.1, 0.15) is 29.6 Å². The lowest BCUT2D eigenvalue weighted by Crippen LogP contribution is -2.37. The lowest BCUT2D eigenvalue weighted by Gasteiger charge is -2.27. The van der Waals surface area contributed by atoms with Gasteiger partial charge in [-0.2, -0.15) is 0 Å². The Morgan fingerprint density at radius 2 is 2.26 bits per heavy atom. The minimum Gasteiger partial charge on any atom is -0.399 e. The van der Waals surface area contributed by atoms with Crippen LogP contribution in [-0.4, -0.2) is 37.1 Å². The fourth-order valence-corrected chi connectivity index (χ4v) is 2.81. The molecule has 0 spiro atoms. The normalized spacial score (nSPS) is 19.2. The summed E-state index contributed by atoms with van der Waals surface area (Å²) in [6, 6.07) is 5.27. The molecule has 2 N–H and O–H groups in total. The van der Waals surface area contributed by atoms with E-state index in [1.165, 1.54) is 6.42 Å². The van der Waals surface area contributed by atoms with Crippen LogP contribution in [0, 0.1) is 0 Å². The van der Waals surface area contributed by atoms with Crippen LogP contribution in [0.2, 0.25) is 0 Å². The number of carbonyl (C=O) groups is 1. The Kier molecular flexibility index (Phi) is 4.82. The van der Waals surface area contributed by atoms with E-state index >= 15 is 0 Å². The number of hydrogen-bond acceptors (Lipinski definition) is 3. The standard InChI is InChI=1S/C14H19BrN2O2/c1-17(9-13-4-2-3-5-19-13)14(18)10-6-11(15)8-12(16)7-10/h6-8,13H,2-5,9,16H2,1H3. The van der Waals surface area contributed by atoms with Gasteiger partial charge in [0.2, 0.25) is 0 Å². The SMILES string of the molecule is CN(CC1CCCCO1)C(=O)c1cc(N)cc(Br)c1. The Hall–Kier alpha value is -1.07. The van der Waals surface area contributed by atoms with Gasteiger partial charge in [-0.3, -0.25) is 4.79 Å². The molecule has 0 radical (unpaired) electrons. The fraction of sp³-hybridized carbons (Fsp3) is 0.500. The summed E-state index contributed by atoms with van der Waals surface area (Å²) in [7, 11) is 1.80. The third-order valence-corrected chi connectivity index (χ3v) is 3.72. The molecule has 1 aliphatic rings. The number of nitrogens with two attached hydrogens (primary N) is 1. The third-order valence-electron chi connectivity index (χ3n) is 3.27. The van der Waals surface area contributed by atoms with Gasteiger partial charge in [-0.05, 0) is 37.5 Å². The molecule has 1 amide bonds. The number of carbonyl (C=O) groups excluding carboxylic acids is 1. The second-order valence-corrected chi connectivity index (χ2v) is 5.86. The number of nitrogen functional groups attached to an aromatic ring is 1. The molecule has 1 saturated heterocycles. The highest BCUT2D eigenvalue weighted by atomic mass is 79.9. The Balaban J connectivity index is 2.01. The molecule has 1 fully saturated rings. The van der Waals surface area contributed by atoms with Crippen LogP contribution in [-0.2, 0) is 4.74 Å². The Labute approximate surface area is 122 Å². The molecule has 0 bridgehead atoms. The third kappa shape index (κ3) is 3.94. The average Bonchev–Trinajstić information content (AvgIpc) is 2.37. The first kappa shape index (κ1) is 14.3. The molecule has 1 atom stereocenters. The largest absolute Gasteiger partial charge is 0.399 e. The Morgan fingerprint density at radius 3 is 2.89 bits per heavy atom. The van der Waals surface area contributed by atoms with E-state index in [0.717, 1.165) is 23.9 Å². The van der Waals surface area contributed by atoms with Gasteiger partial charge in [-0.1, -0.05) is 15.9 Å². The summed E-state index contributed by atoms with van der Waals surface area (Å²) in [5.41, 5.74) is 6.94. The molecule has 1 unspecified atom stereocenters. The lowest BCUT2D eigenvalue weighted by molar-refractivity contribution is -0.000186. The van der Waals surface area contributed by atoms with Crippen molar-refractivity contribution in [2.45, 2.75) is 25.4 Å². The lowest BCUT2D eigenvalue weighted by atomic mass is 10.1. The zero-order chi connectivity index (χ0) is 13.8. The molecule has 0 aromatic heterocycles. The Bertz CT molecular complexity index is 439. The van der Waals surface area contributed by atoms with Crippen molar-refractivity contribution in [3.8, 4) is 0 Å². The van der Waals surface area contributed by atoms with E-state index in [1.54, 1.807) is 30.1 Å². The molecule has 5 heteroatoms. The zero-order valence-electron chi connectivity index (χ0n) is 11.1. The van der Waals surface area contributed by atoms with Crippen LogP contribution in [0.5, 0.6) is 0 Å². The molecule has 1 aliphatic heterocycles. The minimum absolute atomic E-state index is 0.0258. The number of hydrogen-bond donors (Lipinski definition) is 1. The van der Waals surface area contributed by atoms with Crippen molar-refractivity contribution in [3.63, 3.8) is 0 Å². The molecule has 19 heavy (non-hydrogen) atoms. The topological polar surface area (TPSA) is 55.6 Å². The van der Waals surface area contributed by atoms with Crippen molar-refractivity contribution >= 4 is 27.5 Å². The van der Waals surface area contributed by atoms with Crippen LogP contribution >= 0.6 is 15.9 Å². The van der Waals surface area contributed by atoms with Gasteiger partial charge in [0.25, 0.3) is 5.91 Å². The number of amides is 1. The van der Waals surface area contributed by atoms with Gasteiger partial charge in [0.1, 0.15) is 0 Å². The molecule has 1 heterocycles. The molecule has 1 aromatic rings. The maximum absolute atomic E-state index is 12.3. The first-order valence-electron chi connectivity index (χ1n) is 6.49. The highest BCUT2D eigenvalue weighted by molar-refractivity contribution is 9.10. The smallest absolute Gasteiger partial charge is 0.253 e. The number of anilines is 1. The molecular formula is C14H19BrN2O2. The summed E-state index contributed by atoms with van der Waals surface area (Å²) in [6.45, 7) is 1.43. The summed E-state index contributed by atoms with van der Waals surface area (Å²) >= 11 is 3.35. The quantitative estimate of drug-likeness (QED) is 0.869. The summed E-state index contributed by atoms with van der Waals surface area (Å²) in [6.07, 6.45) is 3.48. The molecule has 2 rings (SSSR count). The second-order valence-electron chi connectivity index (χ2n) is 4.95. The van der Waals surface area contributed by atoms with Gasteiger partial charge < -0.3 is 15.4 Å². The van der Waals surface area contributed by atoms with E-state index in [4.69, 9.17) is 10.5 Å². The highest BCUT2D eigenvalue weighted by Gasteiger charge is 2.20. The van der Waals surface area contributed by atoms with Crippen LogP contribution in [0.15, 0.2) is 22.7 Å². The van der Waals surface area contributed by atoms with Gasteiger partial charge in [0.05, 0.1) is 6.10 Å². The molecule has 4 nitrogen and oxygen atoms in total. The van der Waals surface area contributed by atoms with Gasteiger partial charge >= 0.3 is 0 Å². The van der Waals surface area contributed by atoms with E-state index in [1.807, 2.05) is 0 Å². The van der Waals surface area contributed by atoms with Crippen molar-refractivity contribution in [3.05, 3.63) is 28.2 Å². The van der Waals surface area contributed by atoms with Crippen molar-refractivity contribution in [1.82, 2.24) is 4.90 Å². The predicted molar refractivity (Wildman–Crippen MR) is 79.1 cm³/mol. The van der Waals surface area contributed by atoms with Gasteiger partial charge in [0, 0.05) is 35.9 Å². The second kappa shape index (κ2) is 6.39. The summed E-state index contributed by atoms with van der Waals surface area (Å²) in [5, 5.41) is 0. The molecule has 1 aromatic carbocycles. The number of likely N-dealkylation sites (N-methyl/N-ethyl adjacent to an activating group) is 1. The Morgan fingerprint density at radius 1 is 1.47 bits per heavy atom. The predicted octanol–water partition coefficient (Wildman–Crippen LogP) is 2.67.